The standard InChI is InChI=1S/C20H34N4O2/c1-6-21-19(22-11-12-24(4)13-14-25-5)23-17-15-20(2,3)26-18-10-8-7-9-16(17)18/h7-10,17H,6,11-15H2,1-5H3,(H2,21,22,23). The Balaban J connectivity index is 2.03. The number of nitrogens with one attached hydrogen (secondary N) is 2. The first-order chi connectivity index (χ1) is 12.4. The van der Waals surface area contributed by atoms with Crippen LogP contribution in [0.2, 0.25) is 0 Å². The van der Waals surface area contributed by atoms with Crippen LogP contribution < -0.4 is 15.4 Å². The molecule has 0 spiro atoms. The summed E-state index contributed by atoms with van der Waals surface area (Å²) < 4.78 is 11.2. The summed E-state index contributed by atoms with van der Waals surface area (Å²) in [4.78, 5) is 6.97. The minimum Gasteiger partial charge on any atom is -0.487 e. The zero-order valence-electron chi connectivity index (χ0n) is 16.8. The monoisotopic (exact) mass is 362 g/mol. The van der Waals surface area contributed by atoms with E-state index in [0.29, 0.717) is 0 Å². The fourth-order valence-corrected chi connectivity index (χ4v) is 3.11. The lowest BCUT2D eigenvalue weighted by Crippen LogP contribution is -2.45. The van der Waals surface area contributed by atoms with Crippen molar-refractivity contribution in [2.24, 2.45) is 4.99 Å². The Bertz CT molecular complexity index is 589. The molecule has 1 aromatic rings. The van der Waals surface area contributed by atoms with E-state index in [4.69, 9.17) is 14.5 Å². The van der Waals surface area contributed by atoms with Gasteiger partial charge in [0, 0.05) is 38.7 Å². The van der Waals surface area contributed by atoms with E-state index in [1.807, 2.05) is 12.1 Å². The summed E-state index contributed by atoms with van der Waals surface area (Å²) in [6, 6.07) is 8.43. The van der Waals surface area contributed by atoms with Gasteiger partial charge in [-0.3, -0.25) is 4.99 Å². The molecule has 0 saturated carbocycles. The molecule has 0 radical (unpaired) electrons. The maximum atomic E-state index is 6.12. The maximum Gasteiger partial charge on any atom is 0.191 e. The number of fused-ring (bicyclic) bond motifs is 1. The largest absolute Gasteiger partial charge is 0.487 e. The lowest BCUT2D eigenvalue weighted by atomic mass is 9.90. The molecule has 1 atom stereocenters. The van der Waals surface area contributed by atoms with Gasteiger partial charge in [0.2, 0.25) is 0 Å². The molecule has 1 aromatic carbocycles. The predicted molar refractivity (Wildman–Crippen MR) is 107 cm³/mol. The van der Waals surface area contributed by atoms with Gasteiger partial charge in [0.15, 0.2) is 5.96 Å². The third-order valence-electron chi connectivity index (χ3n) is 4.46. The minimum absolute atomic E-state index is 0.180. The molecule has 1 aliphatic rings. The molecule has 26 heavy (non-hydrogen) atoms. The van der Waals surface area contributed by atoms with Crippen LogP contribution in [-0.2, 0) is 4.74 Å². The Labute approximate surface area is 158 Å². The van der Waals surface area contributed by atoms with Gasteiger partial charge in [-0.25, -0.2) is 0 Å². The van der Waals surface area contributed by atoms with Crippen LogP contribution in [0.25, 0.3) is 0 Å². The van der Waals surface area contributed by atoms with E-state index in [9.17, 15) is 0 Å². The van der Waals surface area contributed by atoms with Crippen molar-refractivity contribution in [3.8, 4) is 5.75 Å². The van der Waals surface area contributed by atoms with Gasteiger partial charge in [-0.1, -0.05) is 18.2 Å². The van der Waals surface area contributed by atoms with Gasteiger partial charge < -0.3 is 25.0 Å². The van der Waals surface area contributed by atoms with Crippen molar-refractivity contribution in [1.29, 1.82) is 0 Å². The van der Waals surface area contributed by atoms with E-state index >= 15 is 0 Å². The molecule has 1 heterocycles. The second-order valence-corrected chi connectivity index (χ2v) is 7.36. The molecule has 0 saturated heterocycles. The Hall–Kier alpha value is -1.79. The molecular formula is C20H34N4O2. The SMILES string of the molecule is CCNC(=NCCN(C)CCOC)NC1CC(C)(C)Oc2ccccc21. The first kappa shape index (κ1) is 20.5. The van der Waals surface area contributed by atoms with Crippen molar-refractivity contribution in [2.75, 3.05) is 46.9 Å². The molecule has 2 N–H and O–H groups in total. The average molecular weight is 363 g/mol. The highest BCUT2D eigenvalue weighted by atomic mass is 16.5. The van der Waals surface area contributed by atoms with Crippen LogP contribution in [0.1, 0.15) is 38.8 Å². The van der Waals surface area contributed by atoms with Gasteiger partial charge in [-0.15, -0.1) is 0 Å². The summed E-state index contributed by atoms with van der Waals surface area (Å²) in [6.07, 6.45) is 0.891. The van der Waals surface area contributed by atoms with Crippen molar-refractivity contribution >= 4 is 5.96 Å². The number of likely N-dealkylation sites (N-methyl/N-ethyl adjacent to an activating group) is 1. The number of para-hydroxylation sites is 1. The van der Waals surface area contributed by atoms with Gasteiger partial charge in [0.1, 0.15) is 11.4 Å². The van der Waals surface area contributed by atoms with E-state index in [2.05, 4.69) is 55.5 Å². The van der Waals surface area contributed by atoms with E-state index in [0.717, 1.165) is 50.9 Å². The van der Waals surface area contributed by atoms with Gasteiger partial charge in [0.25, 0.3) is 0 Å². The number of rotatable bonds is 8. The molecule has 1 aliphatic heterocycles. The van der Waals surface area contributed by atoms with E-state index in [1.54, 1.807) is 7.11 Å². The maximum absolute atomic E-state index is 6.12. The van der Waals surface area contributed by atoms with Crippen molar-refractivity contribution in [1.82, 2.24) is 15.5 Å². The van der Waals surface area contributed by atoms with E-state index < -0.39 is 0 Å². The third-order valence-corrected chi connectivity index (χ3v) is 4.46. The summed E-state index contributed by atoms with van der Waals surface area (Å²) in [5, 5.41) is 6.96. The van der Waals surface area contributed by atoms with Crippen LogP contribution in [0.15, 0.2) is 29.3 Å². The van der Waals surface area contributed by atoms with Crippen molar-refractivity contribution in [3.63, 3.8) is 0 Å². The zero-order valence-corrected chi connectivity index (χ0v) is 16.8. The number of guanidine groups is 1. The second-order valence-electron chi connectivity index (χ2n) is 7.36. The van der Waals surface area contributed by atoms with E-state index in [-0.39, 0.29) is 11.6 Å². The number of hydrogen-bond donors (Lipinski definition) is 2. The van der Waals surface area contributed by atoms with Crippen LogP contribution >= 0.6 is 0 Å². The predicted octanol–water partition coefficient (Wildman–Crippen LogP) is 2.42. The summed E-state index contributed by atoms with van der Waals surface area (Å²) in [6.45, 7) is 10.5. The van der Waals surface area contributed by atoms with Gasteiger partial charge in [-0.05, 0) is 33.9 Å². The quantitative estimate of drug-likeness (QED) is 0.549. The summed E-state index contributed by atoms with van der Waals surface area (Å²) in [5.74, 6) is 1.81. The molecule has 0 bridgehead atoms. The number of nitrogens with zero attached hydrogens (tertiary/aromatic N) is 2. The van der Waals surface area contributed by atoms with Crippen LogP contribution in [0.5, 0.6) is 5.75 Å². The lowest BCUT2D eigenvalue weighted by Gasteiger charge is -2.38. The number of ether oxygens (including phenoxy) is 2. The Kier molecular flexibility index (Phi) is 7.72. The average Bonchev–Trinajstić information content (AvgIpc) is 2.59. The van der Waals surface area contributed by atoms with Crippen LogP contribution in [0.4, 0.5) is 0 Å². The fraction of sp³-hybridized carbons (Fsp3) is 0.650. The van der Waals surface area contributed by atoms with Crippen LogP contribution in [0.3, 0.4) is 0 Å². The molecule has 6 nitrogen and oxygen atoms in total. The highest BCUT2D eigenvalue weighted by Crippen LogP contribution is 2.39. The van der Waals surface area contributed by atoms with Crippen molar-refractivity contribution in [3.05, 3.63) is 29.8 Å². The van der Waals surface area contributed by atoms with Gasteiger partial charge in [-0.2, -0.15) is 0 Å². The van der Waals surface area contributed by atoms with Crippen LogP contribution in [0, 0.1) is 0 Å². The normalized spacial score (nSPS) is 19.0. The highest BCUT2D eigenvalue weighted by Gasteiger charge is 2.33. The molecule has 6 heteroatoms. The zero-order chi connectivity index (χ0) is 19.0. The Morgan fingerprint density at radius 1 is 1.35 bits per heavy atom. The summed E-state index contributed by atoms with van der Waals surface area (Å²) in [5.41, 5.74) is 0.985. The van der Waals surface area contributed by atoms with Crippen molar-refractivity contribution in [2.45, 2.75) is 38.8 Å². The number of aliphatic imine (C=N–C) groups is 1. The molecule has 146 valence electrons. The molecule has 2 rings (SSSR count). The molecule has 0 fully saturated rings. The fourth-order valence-electron chi connectivity index (χ4n) is 3.11. The number of methoxy groups -OCH3 is 1. The first-order valence-corrected chi connectivity index (χ1v) is 9.45. The van der Waals surface area contributed by atoms with Gasteiger partial charge in [0.05, 0.1) is 19.2 Å². The molecule has 0 aliphatic carbocycles. The van der Waals surface area contributed by atoms with E-state index in [1.165, 1.54) is 5.56 Å². The number of hydrogen-bond acceptors (Lipinski definition) is 4. The Morgan fingerprint density at radius 2 is 2.12 bits per heavy atom. The molecule has 0 amide bonds. The summed E-state index contributed by atoms with van der Waals surface area (Å²) >= 11 is 0. The van der Waals surface area contributed by atoms with Crippen LogP contribution in [-0.4, -0.2) is 63.4 Å². The molecule has 1 unspecified atom stereocenters. The minimum atomic E-state index is -0.205. The second kappa shape index (κ2) is 9.78. The smallest absolute Gasteiger partial charge is 0.191 e. The lowest BCUT2D eigenvalue weighted by molar-refractivity contribution is 0.0694. The first-order valence-electron chi connectivity index (χ1n) is 9.45. The van der Waals surface area contributed by atoms with Crippen molar-refractivity contribution < 1.29 is 9.47 Å². The Morgan fingerprint density at radius 3 is 2.85 bits per heavy atom. The van der Waals surface area contributed by atoms with Gasteiger partial charge >= 0.3 is 0 Å². The topological polar surface area (TPSA) is 58.1 Å². The molecule has 0 aromatic heterocycles. The molecular weight excluding hydrogens is 328 g/mol. The number of benzene rings is 1. The third kappa shape index (κ3) is 6.18. The highest BCUT2D eigenvalue weighted by molar-refractivity contribution is 5.80. The summed E-state index contributed by atoms with van der Waals surface area (Å²) in [7, 11) is 3.82.